The van der Waals surface area contributed by atoms with Crippen LogP contribution in [0, 0.1) is 17.8 Å². The number of hydrogen-bond donors (Lipinski definition) is 1. The molecule has 2 aliphatic heterocycles. The maximum atomic E-state index is 11.6. The van der Waals surface area contributed by atoms with E-state index < -0.39 is 0 Å². The predicted octanol–water partition coefficient (Wildman–Crippen LogP) is 1.85. The van der Waals surface area contributed by atoms with Gasteiger partial charge in [0.15, 0.2) is 11.5 Å². The number of amides is 1. The number of nitrogens with one attached hydrogen (secondary N) is 1. The molecule has 1 N–H and O–H groups in total. The Kier molecular flexibility index (Phi) is 3.08. The van der Waals surface area contributed by atoms with Crippen LogP contribution in [0.15, 0.2) is 12.1 Å². The van der Waals surface area contributed by atoms with Crippen molar-refractivity contribution in [2.45, 2.75) is 38.1 Å². The first-order valence-corrected chi connectivity index (χ1v) is 8.05. The minimum absolute atomic E-state index is 0.176. The molecule has 5 rings (SSSR count). The summed E-state index contributed by atoms with van der Waals surface area (Å²) in [6.07, 6.45) is 6.86. The van der Waals surface area contributed by atoms with Gasteiger partial charge >= 0.3 is 0 Å². The molecule has 5 heteroatoms. The molecule has 0 spiro atoms. The second kappa shape index (κ2) is 4.97. The van der Waals surface area contributed by atoms with Crippen molar-refractivity contribution in [2.24, 2.45) is 17.8 Å². The van der Waals surface area contributed by atoms with Crippen molar-refractivity contribution in [3.63, 3.8) is 0 Å². The third-order valence-corrected chi connectivity index (χ3v) is 5.51. The summed E-state index contributed by atoms with van der Waals surface area (Å²) in [6, 6.07) is 4.38. The van der Waals surface area contributed by atoms with Crippen LogP contribution in [-0.4, -0.2) is 35.7 Å². The molecule has 4 bridgehead atoms. The molecule has 1 aromatic rings. The number of carbonyl (C=O) groups is 1. The third-order valence-electron chi connectivity index (χ3n) is 5.51. The number of anilines is 1. The van der Waals surface area contributed by atoms with Gasteiger partial charge in [0.25, 0.3) is 5.91 Å². The molecule has 4 fully saturated rings. The van der Waals surface area contributed by atoms with Crippen molar-refractivity contribution in [3.05, 3.63) is 17.8 Å². The van der Waals surface area contributed by atoms with Crippen molar-refractivity contribution in [1.29, 1.82) is 0 Å². The molecule has 2 saturated heterocycles. The average Bonchev–Trinajstić information content (AvgIpc) is 2.70. The van der Waals surface area contributed by atoms with E-state index in [1.54, 1.807) is 13.1 Å². The van der Waals surface area contributed by atoms with Crippen LogP contribution in [0.2, 0.25) is 0 Å². The normalized spacial score (nSPS) is 33.9. The molecule has 0 radical (unpaired) electrons. The van der Waals surface area contributed by atoms with Crippen LogP contribution in [0.4, 0.5) is 5.82 Å². The molecule has 4 aliphatic rings. The molecular formula is C16H22N4O. The van der Waals surface area contributed by atoms with Crippen LogP contribution in [0.5, 0.6) is 0 Å². The Morgan fingerprint density at radius 1 is 1.10 bits per heavy atom. The van der Waals surface area contributed by atoms with Gasteiger partial charge in [-0.1, -0.05) is 0 Å². The molecule has 1 aromatic heterocycles. The number of hydrogen-bond acceptors (Lipinski definition) is 4. The van der Waals surface area contributed by atoms with E-state index in [0.29, 0.717) is 11.7 Å². The van der Waals surface area contributed by atoms with Crippen molar-refractivity contribution in [2.75, 3.05) is 18.5 Å². The largest absolute Gasteiger partial charge is 0.354 e. The summed E-state index contributed by atoms with van der Waals surface area (Å²) in [5.74, 6) is 3.44. The molecule has 1 amide bonds. The minimum Gasteiger partial charge on any atom is -0.354 e. The van der Waals surface area contributed by atoms with Crippen LogP contribution < -0.4 is 10.2 Å². The minimum atomic E-state index is -0.176. The molecule has 5 nitrogen and oxygen atoms in total. The molecule has 2 unspecified atom stereocenters. The summed E-state index contributed by atoms with van der Waals surface area (Å²) in [4.78, 5) is 14.0. The number of fused-ring (bicyclic) bond motifs is 1. The Morgan fingerprint density at radius 2 is 1.81 bits per heavy atom. The summed E-state index contributed by atoms with van der Waals surface area (Å²) in [7, 11) is 1.61. The van der Waals surface area contributed by atoms with E-state index in [4.69, 9.17) is 0 Å². The zero-order chi connectivity index (χ0) is 14.4. The van der Waals surface area contributed by atoms with E-state index in [1.807, 2.05) is 6.07 Å². The Hall–Kier alpha value is -1.65. The summed E-state index contributed by atoms with van der Waals surface area (Å²) in [5, 5.41) is 11.0. The van der Waals surface area contributed by atoms with E-state index in [0.717, 1.165) is 30.1 Å². The van der Waals surface area contributed by atoms with E-state index >= 15 is 0 Å². The molecule has 21 heavy (non-hydrogen) atoms. The zero-order valence-corrected chi connectivity index (χ0v) is 12.5. The van der Waals surface area contributed by atoms with Gasteiger partial charge in [-0.05, 0) is 62.0 Å². The van der Waals surface area contributed by atoms with Gasteiger partial charge in [0.2, 0.25) is 0 Å². The number of nitrogens with zero attached hydrogens (tertiary/aromatic N) is 3. The maximum Gasteiger partial charge on any atom is 0.271 e. The average molecular weight is 286 g/mol. The first kappa shape index (κ1) is 13.0. The molecule has 3 heterocycles. The van der Waals surface area contributed by atoms with Gasteiger partial charge in [-0.15, -0.1) is 10.2 Å². The van der Waals surface area contributed by atoms with Gasteiger partial charge in [-0.2, -0.15) is 0 Å². The number of carbonyl (C=O) groups excluding carboxylic acids is 1. The predicted molar refractivity (Wildman–Crippen MR) is 80.1 cm³/mol. The van der Waals surface area contributed by atoms with Crippen molar-refractivity contribution in [3.8, 4) is 0 Å². The SMILES string of the molecule is CNC(=O)c1ccc(N2CC3C[C@@H]4CC2C[C@H](C3)C4)nn1. The molecule has 4 atom stereocenters. The number of aromatic nitrogens is 2. The van der Waals surface area contributed by atoms with E-state index in [-0.39, 0.29) is 5.91 Å². The zero-order valence-electron chi connectivity index (χ0n) is 12.5. The van der Waals surface area contributed by atoms with Crippen molar-refractivity contribution in [1.82, 2.24) is 15.5 Å². The lowest BCUT2D eigenvalue weighted by Gasteiger charge is -2.39. The van der Waals surface area contributed by atoms with Crippen LogP contribution in [-0.2, 0) is 0 Å². The van der Waals surface area contributed by atoms with Crippen LogP contribution >= 0.6 is 0 Å². The first-order valence-electron chi connectivity index (χ1n) is 8.05. The van der Waals surface area contributed by atoms with Gasteiger partial charge < -0.3 is 10.2 Å². The highest BCUT2D eigenvalue weighted by Crippen LogP contribution is 2.48. The van der Waals surface area contributed by atoms with Crippen molar-refractivity contribution < 1.29 is 4.79 Å². The van der Waals surface area contributed by atoms with Crippen LogP contribution in [0.25, 0.3) is 0 Å². The van der Waals surface area contributed by atoms with Crippen LogP contribution in [0.3, 0.4) is 0 Å². The smallest absolute Gasteiger partial charge is 0.271 e. The lowest BCUT2D eigenvalue weighted by Crippen LogP contribution is -2.38. The fraction of sp³-hybridized carbons (Fsp3) is 0.688. The summed E-state index contributed by atoms with van der Waals surface area (Å²) >= 11 is 0. The molecule has 112 valence electrons. The Labute approximate surface area is 125 Å². The summed E-state index contributed by atoms with van der Waals surface area (Å²) in [5.41, 5.74) is 0.391. The molecule has 2 saturated carbocycles. The maximum absolute atomic E-state index is 11.6. The Balaban J connectivity index is 1.59. The summed E-state index contributed by atoms with van der Waals surface area (Å²) in [6.45, 7) is 1.12. The highest BCUT2D eigenvalue weighted by Gasteiger charge is 2.43. The Bertz CT molecular complexity index is 530. The number of rotatable bonds is 2. The quantitative estimate of drug-likeness (QED) is 0.901. The first-order chi connectivity index (χ1) is 10.2. The van der Waals surface area contributed by atoms with E-state index in [9.17, 15) is 4.79 Å². The topological polar surface area (TPSA) is 58.1 Å². The standard InChI is InChI=1S/C16H22N4O/c1-17-16(21)14-2-3-15(19-18-14)20-9-12-5-10-4-11(6-12)8-13(20)7-10/h2-3,10-13H,4-9H2,1H3,(H,17,21)/t10-,11+,12?,13?. The van der Waals surface area contributed by atoms with Gasteiger partial charge in [0.1, 0.15) is 0 Å². The molecular weight excluding hydrogens is 264 g/mol. The van der Waals surface area contributed by atoms with Crippen molar-refractivity contribution >= 4 is 11.7 Å². The lowest BCUT2D eigenvalue weighted by atomic mass is 9.68. The summed E-state index contributed by atoms with van der Waals surface area (Å²) < 4.78 is 0. The Morgan fingerprint density at radius 3 is 2.43 bits per heavy atom. The van der Waals surface area contributed by atoms with E-state index in [2.05, 4.69) is 20.4 Å². The van der Waals surface area contributed by atoms with Crippen LogP contribution in [0.1, 0.15) is 42.6 Å². The van der Waals surface area contributed by atoms with Gasteiger partial charge in [0, 0.05) is 19.6 Å². The fourth-order valence-electron chi connectivity index (χ4n) is 4.79. The fourth-order valence-corrected chi connectivity index (χ4v) is 4.79. The van der Waals surface area contributed by atoms with Gasteiger partial charge in [-0.25, -0.2) is 0 Å². The molecule has 2 aliphatic carbocycles. The van der Waals surface area contributed by atoms with E-state index in [1.165, 1.54) is 32.1 Å². The third kappa shape index (κ3) is 2.28. The second-order valence-electron chi connectivity index (χ2n) is 6.94. The van der Waals surface area contributed by atoms with Gasteiger partial charge in [-0.3, -0.25) is 4.79 Å². The monoisotopic (exact) mass is 286 g/mol. The second-order valence-corrected chi connectivity index (χ2v) is 6.94. The molecule has 0 aromatic carbocycles. The highest BCUT2D eigenvalue weighted by atomic mass is 16.1. The van der Waals surface area contributed by atoms with Gasteiger partial charge in [0.05, 0.1) is 0 Å². The lowest BCUT2D eigenvalue weighted by molar-refractivity contribution is 0.0957. The highest BCUT2D eigenvalue weighted by molar-refractivity contribution is 5.91.